The van der Waals surface area contributed by atoms with E-state index in [-0.39, 0.29) is 35.5 Å². The van der Waals surface area contributed by atoms with E-state index in [1.165, 1.54) is 0 Å². The van der Waals surface area contributed by atoms with Crippen LogP contribution in [0.2, 0.25) is 0 Å². The zero-order valence-corrected chi connectivity index (χ0v) is 16.4. The molecular formula is C13H29IN4O2S. The molecule has 0 unspecified atom stereocenters. The highest BCUT2D eigenvalue weighted by molar-refractivity contribution is 14.0. The topological polar surface area (TPSA) is 73.8 Å². The van der Waals surface area contributed by atoms with Crippen molar-refractivity contribution in [3.63, 3.8) is 0 Å². The van der Waals surface area contributed by atoms with Gasteiger partial charge in [-0.2, -0.15) is 0 Å². The maximum absolute atomic E-state index is 11.3. The van der Waals surface area contributed by atoms with Crippen molar-refractivity contribution in [2.45, 2.75) is 20.8 Å². The van der Waals surface area contributed by atoms with E-state index in [0.717, 1.165) is 32.1 Å². The second-order valence-electron chi connectivity index (χ2n) is 5.53. The van der Waals surface area contributed by atoms with Gasteiger partial charge in [0, 0.05) is 39.3 Å². The Morgan fingerprint density at radius 2 is 1.86 bits per heavy atom. The first-order chi connectivity index (χ1) is 9.43. The number of guanidine groups is 1. The van der Waals surface area contributed by atoms with E-state index in [0.29, 0.717) is 19.0 Å². The summed E-state index contributed by atoms with van der Waals surface area (Å²) in [5.74, 6) is 1.95. The first-order valence-electron chi connectivity index (χ1n) is 7.38. The van der Waals surface area contributed by atoms with E-state index < -0.39 is 9.84 Å². The standard InChI is InChI=1S/C13H28N4O2S.HI/c1-4-14-13(16-11-12(2)3)15-5-6-17-7-9-20(18,19)10-8-17;/h12H,4-11H2,1-3H3,(H2,14,15,16);1H. The van der Waals surface area contributed by atoms with Gasteiger partial charge in [-0.05, 0) is 12.8 Å². The summed E-state index contributed by atoms with van der Waals surface area (Å²) in [6.45, 7) is 10.9. The molecule has 126 valence electrons. The fourth-order valence-electron chi connectivity index (χ4n) is 1.92. The van der Waals surface area contributed by atoms with E-state index in [4.69, 9.17) is 0 Å². The van der Waals surface area contributed by atoms with Crippen LogP contribution in [0.15, 0.2) is 4.99 Å². The van der Waals surface area contributed by atoms with Crippen molar-refractivity contribution >= 4 is 39.8 Å². The molecule has 0 bridgehead atoms. The summed E-state index contributed by atoms with van der Waals surface area (Å²) in [7, 11) is -2.78. The molecule has 8 heteroatoms. The Morgan fingerprint density at radius 3 is 2.38 bits per heavy atom. The van der Waals surface area contributed by atoms with E-state index in [1.807, 2.05) is 6.92 Å². The first kappa shape index (κ1) is 20.9. The Balaban J connectivity index is 0.00000400. The van der Waals surface area contributed by atoms with Crippen LogP contribution in [0.1, 0.15) is 20.8 Å². The summed E-state index contributed by atoms with van der Waals surface area (Å²) in [4.78, 5) is 6.68. The lowest BCUT2D eigenvalue weighted by Crippen LogP contribution is -2.46. The van der Waals surface area contributed by atoms with Gasteiger partial charge in [-0.25, -0.2) is 8.42 Å². The minimum absolute atomic E-state index is 0. The molecule has 1 fully saturated rings. The molecule has 0 aromatic rings. The second-order valence-corrected chi connectivity index (χ2v) is 7.84. The molecule has 0 aromatic carbocycles. The number of nitrogens with one attached hydrogen (secondary N) is 2. The monoisotopic (exact) mass is 432 g/mol. The van der Waals surface area contributed by atoms with Crippen molar-refractivity contribution in [2.75, 3.05) is 50.8 Å². The van der Waals surface area contributed by atoms with Crippen molar-refractivity contribution in [2.24, 2.45) is 10.9 Å². The van der Waals surface area contributed by atoms with Gasteiger partial charge < -0.3 is 10.6 Å². The summed E-state index contributed by atoms with van der Waals surface area (Å²) < 4.78 is 22.7. The molecule has 1 rings (SSSR count). The van der Waals surface area contributed by atoms with Gasteiger partial charge in [0.05, 0.1) is 11.5 Å². The van der Waals surface area contributed by atoms with Crippen LogP contribution in [0.4, 0.5) is 0 Å². The minimum Gasteiger partial charge on any atom is -0.357 e. The summed E-state index contributed by atoms with van der Waals surface area (Å²) >= 11 is 0. The Labute approximate surface area is 146 Å². The Hall–Kier alpha value is -0.0900. The molecule has 0 saturated carbocycles. The van der Waals surface area contributed by atoms with Crippen LogP contribution in [-0.2, 0) is 9.84 Å². The molecule has 21 heavy (non-hydrogen) atoms. The maximum Gasteiger partial charge on any atom is 0.191 e. The maximum atomic E-state index is 11.3. The Bertz CT molecular complexity index is 398. The van der Waals surface area contributed by atoms with Crippen molar-refractivity contribution in [1.29, 1.82) is 0 Å². The van der Waals surface area contributed by atoms with Gasteiger partial charge in [0.2, 0.25) is 0 Å². The molecule has 0 amide bonds. The second kappa shape index (κ2) is 10.6. The van der Waals surface area contributed by atoms with Crippen LogP contribution >= 0.6 is 24.0 Å². The smallest absolute Gasteiger partial charge is 0.191 e. The number of aliphatic imine (C=N–C) groups is 1. The van der Waals surface area contributed by atoms with Gasteiger partial charge in [-0.3, -0.25) is 9.89 Å². The molecule has 1 aliphatic heterocycles. The molecule has 1 aliphatic rings. The molecule has 0 aliphatic carbocycles. The molecule has 1 saturated heterocycles. The zero-order valence-electron chi connectivity index (χ0n) is 13.3. The summed E-state index contributed by atoms with van der Waals surface area (Å²) in [6.07, 6.45) is 0. The third-order valence-corrected chi connectivity index (χ3v) is 4.73. The van der Waals surface area contributed by atoms with Crippen LogP contribution in [0.5, 0.6) is 0 Å². The highest BCUT2D eigenvalue weighted by Crippen LogP contribution is 2.02. The van der Waals surface area contributed by atoms with Gasteiger partial charge in [-0.1, -0.05) is 13.8 Å². The lowest BCUT2D eigenvalue weighted by molar-refractivity contribution is 0.299. The zero-order chi connectivity index (χ0) is 15.0. The van der Waals surface area contributed by atoms with Gasteiger partial charge in [0.15, 0.2) is 15.8 Å². The van der Waals surface area contributed by atoms with Crippen LogP contribution in [0.3, 0.4) is 0 Å². The van der Waals surface area contributed by atoms with Crippen molar-refractivity contribution in [3.8, 4) is 0 Å². The molecule has 0 atom stereocenters. The Kier molecular flexibility index (Phi) is 10.6. The van der Waals surface area contributed by atoms with Crippen LogP contribution in [0.25, 0.3) is 0 Å². The van der Waals surface area contributed by atoms with Crippen molar-refractivity contribution < 1.29 is 8.42 Å². The molecule has 2 N–H and O–H groups in total. The van der Waals surface area contributed by atoms with E-state index >= 15 is 0 Å². The van der Waals surface area contributed by atoms with Crippen molar-refractivity contribution in [1.82, 2.24) is 15.5 Å². The number of sulfone groups is 1. The molecular weight excluding hydrogens is 403 g/mol. The molecule has 1 heterocycles. The number of nitrogens with zero attached hydrogens (tertiary/aromatic N) is 2. The summed E-state index contributed by atoms with van der Waals surface area (Å²) in [5, 5.41) is 6.51. The van der Waals surface area contributed by atoms with E-state index in [9.17, 15) is 8.42 Å². The number of hydrogen-bond donors (Lipinski definition) is 2. The van der Waals surface area contributed by atoms with Crippen LogP contribution < -0.4 is 10.6 Å². The highest BCUT2D eigenvalue weighted by Gasteiger charge is 2.20. The lowest BCUT2D eigenvalue weighted by atomic mass is 10.2. The molecule has 6 nitrogen and oxygen atoms in total. The lowest BCUT2D eigenvalue weighted by Gasteiger charge is -2.26. The van der Waals surface area contributed by atoms with Gasteiger partial charge in [0.25, 0.3) is 0 Å². The average Bonchev–Trinajstić information content (AvgIpc) is 2.37. The molecule has 0 spiro atoms. The van der Waals surface area contributed by atoms with E-state index in [2.05, 4.69) is 34.4 Å². The fraction of sp³-hybridized carbons (Fsp3) is 0.923. The average molecular weight is 432 g/mol. The first-order valence-corrected chi connectivity index (χ1v) is 9.20. The molecule has 0 aromatic heterocycles. The van der Waals surface area contributed by atoms with E-state index in [1.54, 1.807) is 0 Å². The van der Waals surface area contributed by atoms with Crippen molar-refractivity contribution in [3.05, 3.63) is 0 Å². The minimum atomic E-state index is -2.78. The van der Waals surface area contributed by atoms with Gasteiger partial charge in [0.1, 0.15) is 0 Å². The fourth-order valence-corrected chi connectivity index (χ4v) is 3.20. The number of hydrogen-bond acceptors (Lipinski definition) is 4. The SMILES string of the molecule is CCNC(=NCC(C)C)NCCN1CCS(=O)(=O)CC1.I. The Morgan fingerprint density at radius 1 is 1.24 bits per heavy atom. The number of rotatable bonds is 6. The summed E-state index contributed by atoms with van der Waals surface area (Å²) in [5.41, 5.74) is 0. The predicted molar refractivity (Wildman–Crippen MR) is 99.3 cm³/mol. The predicted octanol–water partition coefficient (Wildman–Crippen LogP) is 0.546. The van der Waals surface area contributed by atoms with Gasteiger partial charge >= 0.3 is 0 Å². The van der Waals surface area contributed by atoms with Gasteiger partial charge in [-0.15, -0.1) is 24.0 Å². The van der Waals surface area contributed by atoms with Crippen LogP contribution in [-0.4, -0.2) is 70.1 Å². The third-order valence-electron chi connectivity index (χ3n) is 3.12. The number of halogens is 1. The summed E-state index contributed by atoms with van der Waals surface area (Å²) in [6, 6.07) is 0. The third kappa shape index (κ3) is 9.51. The largest absolute Gasteiger partial charge is 0.357 e. The highest BCUT2D eigenvalue weighted by atomic mass is 127. The van der Waals surface area contributed by atoms with Crippen LogP contribution in [0, 0.1) is 5.92 Å². The molecule has 0 radical (unpaired) electrons. The normalized spacial score (nSPS) is 19.1. The quantitative estimate of drug-likeness (QED) is 0.364.